The van der Waals surface area contributed by atoms with Crippen LogP contribution in [-0.2, 0) is 21.6 Å². The molecule has 0 radical (unpaired) electrons. The molecule has 1 saturated heterocycles. The van der Waals surface area contributed by atoms with Gasteiger partial charge in [0.05, 0.1) is 31.5 Å². The molecule has 0 N–H and O–H groups in total. The molecule has 6 rings (SSSR count). The molecule has 250 valence electrons. The van der Waals surface area contributed by atoms with Gasteiger partial charge in [0.25, 0.3) is 0 Å². The molecule has 9 heteroatoms. The van der Waals surface area contributed by atoms with Crippen molar-refractivity contribution >= 4 is 28.9 Å². The Kier molecular flexibility index (Phi) is 10.7. The average Bonchev–Trinajstić information content (AvgIpc) is 3.53. The predicted octanol–water partition coefficient (Wildman–Crippen LogP) is 7.24. The summed E-state index contributed by atoms with van der Waals surface area (Å²) in [4.78, 5) is 28.4. The van der Waals surface area contributed by atoms with Crippen molar-refractivity contribution < 1.29 is 19.1 Å². The van der Waals surface area contributed by atoms with E-state index in [9.17, 15) is 9.59 Å². The van der Waals surface area contributed by atoms with E-state index in [1.54, 1.807) is 25.6 Å². The second-order valence-corrected chi connectivity index (χ2v) is 13.3. The molecule has 8 nitrogen and oxygen atoms in total. The first-order chi connectivity index (χ1) is 23.9. The van der Waals surface area contributed by atoms with Crippen molar-refractivity contribution in [3.63, 3.8) is 0 Å². The van der Waals surface area contributed by atoms with Crippen LogP contribution >= 0.6 is 11.8 Å². The maximum absolute atomic E-state index is 13.2. The average molecular weight is 673 g/mol. The van der Waals surface area contributed by atoms with E-state index in [2.05, 4.69) is 88.0 Å². The van der Waals surface area contributed by atoms with Gasteiger partial charge in [-0.3, -0.25) is 9.69 Å². The standard InChI is InChI=1S/C40H40N4O4S/c1-4-48-39(46)38-36(44(42-41-38)27-30-20-22-35(47-3)23-21-30)26-31-28-43(25-24-37(31)49-29(2)45)40(32-14-8-5-9-15-32,33-16-10-6-11-17-33)34-18-12-7-13-19-34/h5-23,26,37H,4,24-25,27-28H2,1-3H3. The third-order valence-corrected chi connectivity index (χ3v) is 10.0. The number of rotatable bonds is 11. The zero-order valence-electron chi connectivity index (χ0n) is 28.0. The summed E-state index contributed by atoms with van der Waals surface area (Å²) in [6, 6.07) is 39.5. The minimum absolute atomic E-state index is 0.0419. The molecule has 0 aliphatic carbocycles. The highest BCUT2D eigenvalue weighted by molar-refractivity contribution is 8.14. The number of hydrogen-bond donors (Lipinski definition) is 0. The second kappa shape index (κ2) is 15.5. The van der Waals surface area contributed by atoms with Crippen LogP contribution in [0.15, 0.2) is 121 Å². The number of nitrogens with zero attached hydrogens (tertiary/aromatic N) is 4. The number of aromatic nitrogens is 3. The van der Waals surface area contributed by atoms with Crippen molar-refractivity contribution in [3.8, 4) is 5.75 Å². The van der Waals surface area contributed by atoms with Crippen molar-refractivity contribution in [2.75, 3.05) is 26.8 Å². The first kappa shape index (κ1) is 33.9. The van der Waals surface area contributed by atoms with Gasteiger partial charge in [0, 0.05) is 25.3 Å². The van der Waals surface area contributed by atoms with E-state index >= 15 is 0 Å². The third-order valence-electron chi connectivity index (χ3n) is 8.86. The molecule has 4 aromatic carbocycles. The molecule has 1 aromatic heterocycles. The van der Waals surface area contributed by atoms with Gasteiger partial charge in [-0.1, -0.05) is 120 Å². The number of ether oxygens (including phenoxy) is 2. The van der Waals surface area contributed by atoms with Crippen LogP contribution in [0.5, 0.6) is 5.75 Å². The van der Waals surface area contributed by atoms with Crippen molar-refractivity contribution in [1.29, 1.82) is 0 Å². The predicted molar refractivity (Wildman–Crippen MR) is 194 cm³/mol. The normalized spacial score (nSPS) is 16.0. The number of hydrogen-bond acceptors (Lipinski definition) is 8. The molecule has 0 saturated carbocycles. The van der Waals surface area contributed by atoms with E-state index in [1.807, 2.05) is 48.5 Å². The van der Waals surface area contributed by atoms with Crippen LogP contribution in [0.3, 0.4) is 0 Å². The minimum Gasteiger partial charge on any atom is -0.497 e. The van der Waals surface area contributed by atoms with Crippen LogP contribution in [-0.4, -0.2) is 63.0 Å². The van der Waals surface area contributed by atoms with Crippen LogP contribution in [0.25, 0.3) is 6.08 Å². The molecule has 1 aliphatic heterocycles. The van der Waals surface area contributed by atoms with E-state index in [-0.39, 0.29) is 22.7 Å². The summed E-state index contributed by atoms with van der Waals surface area (Å²) in [6.45, 7) is 5.23. The topological polar surface area (TPSA) is 86.5 Å². The summed E-state index contributed by atoms with van der Waals surface area (Å²) < 4.78 is 12.5. The molecule has 0 bridgehead atoms. The Labute approximate surface area is 291 Å². The van der Waals surface area contributed by atoms with E-state index < -0.39 is 11.5 Å². The molecule has 0 amide bonds. The van der Waals surface area contributed by atoms with Gasteiger partial charge in [-0.15, -0.1) is 5.10 Å². The lowest BCUT2D eigenvalue weighted by Crippen LogP contribution is -2.52. The Bertz CT molecular complexity index is 1800. The number of carbonyl (C=O) groups is 2. The molecule has 5 aromatic rings. The summed E-state index contributed by atoms with van der Waals surface area (Å²) >= 11 is 1.33. The molecule has 49 heavy (non-hydrogen) atoms. The Morgan fingerprint density at radius 3 is 1.96 bits per heavy atom. The number of methoxy groups -OCH3 is 1. The molecule has 2 heterocycles. The monoisotopic (exact) mass is 672 g/mol. The number of thioether (sulfide) groups is 1. The number of benzene rings is 4. The van der Waals surface area contributed by atoms with Gasteiger partial charge in [-0.2, -0.15) is 0 Å². The maximum atomic E-state index is 13.2. The highest BCUT2D eigenvalue weighted by Gasteiger charge is 2.44. The maximum Gasteiger partial charge on any atom is 0.361 e. The molecule has 1 aliphatic rings. The largest absolute Gasteiger partial charge is 0.497 e. The summed E-state index contributed by atoms with van der Waals surface area (Å²) in [5, 5.41) is 8.67. The molecular formula is C40H40N4O4S. The fourth-order valence-corrected chi connectivity index (χ4v) is 7.63. The SMILES string of the molecule is CCOC(=O)c1nnn(Cc2ccc(OC)cc2)c1C=C1CN(C(c2ccccc2)(c2ccccc2)c2ccccc2)CCC1SC(C)=O. The molecule has 0 spiro atoms. The highest BCUT2D eigenvalue weighted by atomic mass is 32.2. The fraction of sp³-hybridized carbons (Fsp3) is 0.250. The van der Waals surface area contributed by atoms with E-state index in [4.69, 9.17) is 9.47 Å². The molecule has 1 unspecified atom stereocenters. The molecule has 1 fully saturated rings. The zero-order valence-corrected chi connectivity index (χ0v) is 28.8. The third kappa shape index (κ3) is 7.23. The first-order valence-corrected chi connectivity index (χ1v) is 17.3. The number of carbonyl (C=O) groups excluding carboxylic acids is 2. The smallest absolute Gasteiger partial charge is 0.361 e. The van der Waals surface area contributed by atoms with Gasteiger partial charge in [0.1, 0.15) is 5.75 Å². The van der Waals surface area contributed by atoms with Crippen molar-refractivity contribution in [2.24, 2.45) is 0 Å². The van der Waals surface area contributed by atoms with Crippen LogP contribution in [0.1, 0.15) is 58.7 Å². The van der Waals surface area contributed by atoms with Gasteiger partial charge in [-0.05, 0) is 59.4 Å². The Balaban J connectivity index is 1.51. The minimum atomic E-state index is -0.639. The Hall–Kier alpha value is -4.99. The van der Waals surface area contributed by atoms with Crippen molar-refractivity contribution in [3.05, 3.63) is 154 Å². The fourth-order valence-electron chi connectivity index (χ4n) is 6.71. The van der Waals surface area contributed by atoms with Gasteiger partial charge in [0.2, 0.25) is 0 Å². The number of piperidine rings is 1. The Morgan fingerprint density at radius 1 is 0.878 bits per heavy atom. The first-order valence-electron chi connectivity index (χ1n) is 16.5. The van der Waals surface area contributed by atoms with E-state index in [1.165, 1.54) is 11.8 Å². The van der Waals surface area contributed by atoms with Gasteiger partial charge in [-0.25, -0.2) is 9.48 Å². The Morgan fingerprint density at radius 2 is 1.45 bits per heavy atom. The quantitative estimate of drug-likeness (QED) is 0.107. The number of esters is 1. The van der Waals surface area contributed by atoms with Gasteiger partial charge in [0.15, 0.2) is 10.8 Å². The van der Waals surface area contributed by atoms with Crippen LogP contribution in [0.4, 0.5) is 0 Å². The van der Waals surface area contributed by atoms with E-state index in [0.717, 1.165) is 46.5 Å². The van der Waals surface area contributed by atoms with Gasteiger partial charge < -0.3 is 9.47 Å². The lowest BCUT2D eigenvalue weighted by molar-refractivity contribution is -0.109. The second-order valence-electron chi connectivity index (χ2n) is 11.9. The van der Waals surface area contributed by atoms with Crippen LogP contribution in [0, 0.1) is 0 Å². The zero-order chi connectivity index (χ0) is 34.2. The molecular weight excluding hydrogens is 633 g/mol. The summed E-state index contributed by atoms with van der Waals surface area (Å²) in [6.07, 6.45) is 2.73. The van der Waals surface area contributed by atoms with Crippen LogP contribution in [0.2, 0.25) is 0 Å². The van der Waals surface area contributed by atoms with Crippen LogP contribution < -0.4 is 4.74 Å². The lowest BCUT2D eigenvalue weighted by atomic mass is 9.74. The summed E-state index contributed by atoms with van der Waals surface area (Å²) in [5.74, 6) is 0.216. The van der Waals surface area contributed by atoms with E-state index in [0.29, 0.717) is 18.8 Å². The van der Waals surface area contributed by atoms with Crippen molar-refractivity contribution in [2.45, 2.75) is 37.6 Å². The summed E-state index contributed by atoms with van der Waals surface area (Å²) in [5.41, 5.74) is 5.45. The number of likely N-dealkylation sites (tertiary alicyclic amines) is 1. The van der Waals surface area contributed by atoms with Crippen molar-refractivity contribution in [1.82, 2.24) is 19.9 Å². The van der Waals surface area contributed by atoms with Gasteiger partial charge >= 0.3 is 5.97 Å². The lowest BCUT2D eigenvalue weighted by Gasteiger charge is -2.49. The highest BCUT2D eigenvalue weighted by Crippen LogP contribution is 2.45. The molecule has 1 atom stereocenters. The summed E-state index contributed by atoms with van der Waals surface area (Å²) in [7, 11) is 1.63.